The van der Waals surface area contributed by atoms with E-state index in [1.54, 1.807) is 4.52 Å². The Balaban J connectivity index is 2.23. The maximum absolute atomic E-state index is 9.62. The van der Waals surface area contributed by atoms with Crippen molar-refractivity contribution in [3.8, 4) is 23.1 Å². The number of fused-ring (bicyclic) bond motifs is 1. The van der Waals surface area contributed by atoms with Crippen LogP contribution in [-0.2, 0) is 0 Å². The van der Waals surface area contributed by atoms with Crippen LogP contribution in [0, 0.1) is 18.3 Å². The van der Waals surface area contributed by atoms with Gasteiger partial charge in [0.05, 0.1) is 6.61 Å². The molecule has 0 saturated heterocycles. The number of nitriles is 1. The lowest BCUT2D eigenvalue weighted by Crippen LogP contribution is -1.97. The van der Waals surface area contributed by atoms with E-state index in [1.165, 1.54) is 11.3 Å². The molecule has 0 bridgehead atoms. The van der Waals surface area contributed by atoms with Gasteiger partial charge in [0.25, 0.3) is 0 Å². The van der Waals surface area contributed by atoms with Crippen LogP contribution in [0.1, 0.15) is 43.0 Å². The molecular weight excluding hydrogens is 308 g/mol. The molecule has 0 aliphatic rings. The van der Waals surface area contributed by atoms with E-state index in [2.05, 4.69) is 30.0 Å². The van der Waals surface area contributed by atoms with Crippen molar-refractivity contribution in [1.82, 2.24) is 14.6 Å². The smallest absolute Gasteiger partial charge is 0.214 e. The Morgan fingerprint density at radius 3 is 2.83 bits per heavy atom. The number of nitrogens with zero attached hydrogens (tertiary/aromatic N) is 4. The van der Waals surface area contributed by atoms with Gasteiger partial charge >= 0.3 is 0 Å². The zero-order valence-electron chi connectivity index (χ0n) is 13.6. The molecule has 5 nitrogen and oxygen atoms in total. The topological polar surface area (TPSA) is 63.2 Å². The van der Waals surface area contributed by atoms with E-state index in [0.717, 1.165) is 26.8 Å². The molecule has 0 aliphatic heterocycles. The fourth-order valence-corrected chi connectivity index (χ4v) is 3.30. The van der Waals surface area contributed by atoms with Gasteiger partial charge in [0.2, 0.25) is 4.96 Å². The van der Waals surface area contributed by atoms with Gasteiger partial charge in [-0.3, -0.25) is 0 Å². The molecule has 3 rings (SSSR count). The summed E-state index contributed by atoms with van der Waals surface area (Å²) in [7, 11) is 0. The zero-order chi connectivity index (χ0) is 16.6. The Labute approximate surface area is 139 Å². The highest BCUT2D eigenvalue weighted by Crippen LogP contribution is 2.34. The third-order valence-electron chi connectivity index (χ3n) is 3.51. The average Bonchev–Trinajstić information content (AvgIpc) is 3.06. The lowest BCUT2D eigenvalue weighted by Gasteiger charge is -2.09. The summed E-state index contributed by atoms with van der Waals surface area (Å²) in [6, 6.07) is 8.17. The molecular formula is C17H18N4OS. The van der Waals surface area contributed by atoms with Gasteiger partial charge in [0, 0.05) is 11.5 Å². The van der Waals surface area contributed by atoms with Crippen LogP contribution in [-0.4, -0.2) is 21.2 Å². The molecule has 0 amide bonds. The Bertz CT molecular complexity index is 901. The average molecular weight is 326 g/mol. The van der Waals surface area contributed by atoms with Crippen molar-refractivity contribution in [3.63, 3.8) is 0 Å². The number of hydrogen-bond acceptors (Lipinski definition) is 5. The van der Waals surface area contributed by atoms with Gasteiger partial charge in [-0.15, -0.1) is 0 Å². The number of benzene rings is 1. The van der Waals surface area contributed by atoms with Crippen molar-refractivity contribution in [3.05, 3.63) is 34.5 Å². The van der Waals surface area contributed by atoms with E-state index in [1.807, 2.05) is 32.0 Å². The second-order valence-electron chi connectivity index (χ2n) is 5.64. The minimum absolute atomic E-state index is 0.314. The lowest BCUT2D eigenvalue weighted by atomic mass is 10.1. The molecule has 2 aromatic heterocycles. The number of aryl methyl sites for hydroxylation is 1. The SMILES string of the molecule is CCOc1ccc(C)cc1-c1nc2sc(C(C)C)nn2c1C#N. The van der Waals surface area contributed by atoms with Gasteiger partial charge in [0.1, 0.15) is 22.5 Å². The number of ether oxygens (including phenoxy) is 1. The minimum atomic E-state index is 0.314. The van der Waals surface area contributed by atoms with Gasteiger partial charge in [-0.25, -0.2) is 4.98 Å². The monoisotopic (exact) mass is 326 g/mol. The van der Waals surface area contributed by atoms with Gasteiger partial charge < -0.3 is 4.74 Å². The molecule has 23 heavy (non-hydrogen) atoms. The molecule has 0 radical (unpaired) electrons. The number of hydrogen-bond donors (Lipinski definition) is 0. The molecule has 0 atom stereocenters. The summed E-state index contributed by atoms with van der Waals surface area (Å²) >= 11 is 1.52. The highest BCUT2D eigenvalue weighted by atomic mass is 32.1. The summed E-state index contributed by atoms with van der Waals surface area (Å²) in [5.41, 5.74) is 3.02. The Kier molecular flexibility index (Phi) is 4.05. The predicted molar refractivity (Wildman–Crippen MR) is 91.0 cm³/mol. The third-order valence-corrected chi connectivity index (χ3v) is 4.72. The van der Waals surface area contributed by atoms with E-state index in [9.17, 15) is 5.26 Å². The standard InChI is InChI=1S/C17H18N4OS/c1-5-22-14-7-6-11(4)8-12(14)15-13(9-18)21-17(19-15)23-16(20-21)10(2)3/h6-8,10H,5H2,1-4H3. The molecule has 0 unspecified atom stereocenters. The van der Waals surface area contributed by atoms with Crippen LogP contribution < -0.4 is 4.74 Å². The fraction of sp³-hybridized carbons (Fsp3) is 0.353. The Morgan fingerprint density at radius 2 is 2.17 bits per heavy atom. The third kappa shape index (κ3) is 2.68. The first-order chi connectivity index (χ1) is 11.0. The van der Waals surface area contributed by atoms with Crippen LogP contribution >= 0.6 is 11.3 Å². The van der Waals surface area contributed by atoms with Crippen molar-refractivity contribution in [2.45, 2.75) is 33.6 Å². The van der Waals surface area contributed by atoms with Crippen molar-refractivity contribution >= 4 is 16.3 Å². The molecule has 1 aromatic carbocycles. The van der Waals surface area contributed by atoms with Crippen LogP contribution in [0.3, 0.4) is 0 Å². The van der Waals surface area contributed by atoms with E-state index >= 15 is 0 Å². The summed E-state index contributed by atoms with van der Waals surface area (Å²) < 4.78 is 7.35. The molecule has 0 fully saturated rings. The van der Waals surface area contributed by atoms with Crippen LogP contribution in [0.2, 0.25) is 0 Å². The largest absolute Gasteiger partial charge is 0.493 e. The van der Waals surface area contributed by atoms with E-state index in [-0.39, 0.29) is 0 Å². The Hall–Kier alpha value is -2.39. The van der Waals surface area contributed by atoms with E-state index in [0.29, 0.717) is 23.9 Å². The first-order valence-corrected chi connectivity index (χ1v) is 8.40. The summed E-state index contributed by atoms with van der Waals surface area (Å²) in [5.74, 6) is 1.05. The van der Waals surface area contributed by atoms with E-state index < -0.39 is 0 Å². The van der Waals surface area contributed by atoms with Gasteiger partial charge in [-0.2, -0.15) is 14.9 Å². The molecule has 0 aliphatic carbocycles. The lowest BCUT2D eigenvalue weighted by molar-refractivity contribution is 0.341. The second kappa shape index (κ2) is 6.01. The molecule has 3 aromatic rings. The maximum atomic E-state index is 9.62. The second-order valence-corrected chi connectivity index (χ2v) is 6.63. The minimum Gasteiger partial charge on any atom is -0.493 e. The zero-order valence-corrected chi connectivity index (χ0v) is 14.4. The molecule has 6 heteroatoms. The predicted octanol–water partition coefficient (Wildman–Crippen LogP) is 4.16. The molecule has 0 spiro atoms. The number of aromatic nitrogens is 3. The van der Waals surface area contributed by atoms with Crippen molar-refractivity contribution in [1.29, 1.82) is 5.26 Å². The first kappa shape index (κ1) is 15.5. The van der Waals surface area contributed by atoms with Crippen molar-refractivity contribution < 1.29 is 4.74 Å². The highest BCUT2D eigenvalue weighted by Gasteiger charge is 2.21. The van der Waals surface area contributed by atoms with Gasteiger partial charge in [0.15, 0.2) is 5.69 Å². The molecule has 0 N–H and O–H groups in total. The van der Waals surface area contributed by atoms with Crippen molar-refractivity contribution in [2.24, 2.45) is 0 Å². The molecule has 118 valence electrons. The van der Waals surface area contributed by atoms with Crippen LogP contribution in [0.4, 0.5) is 0 Å². The van der Waals surface area contributed by atoms with Crippen LogP contribution in [0.5, 0.6) is 5.75 Å². The van der Waals surface area contributed by atoms with Gasteiger partial charge in [-0.1, -0.05) is 36.8 Å². The molecule has 2 heterocycles. The van der Waals surface area contributed by atoms with Gasteiger partial charge in [-0.05, 0) is 26.0 Å². The Morgan fingerprint density at radius 1 is 1.39 bits per heavy atom. The highest BCUT2D eigenvalue weighted by molar-refractivity contribution is 7.16. The normalized spacial score (nSPS) is 11.1. The fourth-order valence-electron chi connectivity index (χ4n) is 2.39. The summed E-state index contributed by atoms with van der Waals surface area (Å²) in [6.45, 7) is 8.68. The van der Waals surface area contributed by atoms with Crippen molar-refractivity contribution in [2.75, 3.05) is 6.61 Å². The van der Waals surface area contributed by atoms with E-state index in [4.69, 9.17) is 4.74 Å². The summed E-state index contributed by atoms with van der Waals surface area (Å²) in [5, 5.41) is 15.1. The quantitative estimate of drug-likeness (QED) is 0.722. The van der Waals surface area contributed by atoms with Crippen LogP contribution in [0.25, 0.3) is 16.2 Å². The van der Waals surface area contributed by atoms with Crippen LogP contribution in [0.15, 0.2) is 18.2 Å². The maximum Gasteiger partial charge on any atom is 0.214 e. The first-order valence-electron chi connectivity index (χ1n) is 7.58. The number of rotatable bonds is 4. The molecule has 0 saturated carbocycles. The summed E-state index contributed by atoms with van der Waals surface area (Å²) in [4.78, 5) is 5.40. The number of imidazole rings is 1. The summed E-state index contributed by atoms with van der Waals surface area (Å²) in [6.07, 6.45) is 0.